The second-order valence-corrected chi connectivity index (χ2v) is 5.66. The molecule has 0 saturated heterocycles. The van der Waals surface area contributed by atoms with Gasteiger partial charge in [-0.1, -0.05) is 23.9 Å². The highest BCUT2D eigenvalue weighted by Crippen LogP contribution is 2.30. The number of aryl methyl sites for hydroxylation is 1. The maximum absolute atomic E-state index is 12.5. The van der Waals surface area contributed by atoms with Crippen molar-refractivity contribution < 1.29 is 18.0 Å². The first-order valence-electron chi connectivity index (χ1n) is 6.12. The average molecular weight is 331 g/mol. The van der Waals surface area contributed by atoms with Crippen LogP contribution in [0.15, 0.2) is 29.4 Å². The van der Waals surface area contributed by atoms with Gasteiger partial charge in [-0.25, -0.2) is 4.68 Å². The van der Waals surface area contributed by atoms with E-state index in [-0.39, 0.29) is 6.42 Å². The molecule has 6 nitrogen and oxygen atoms in total. The number of hydrogen-bond acceptors (Lipinski definition) is 5. The van der Waals surface area contributed by atoms with Crippen LogP contribution in [-0.2, 0) is 24.4 Å². The van der Waals surface area contributed by atoms with Crippen LogP contribution in [0.2, 0.25) is 0 Å². The van der Waals surface area contributed by atoms with Gasteiger partial charge in [-0.05, 0) is 34.5 Å². The van der Waals surface area contributed by atoms with Gasteiger partial charge in [-0.15, -0.1) is 5.10 Å². The van der Waals surface area contributed by atoms with Crippen LogP contribution in [0.4, 0.5) is 13.2 Å². The van der Waals surface area contributed by atoms with Gasteiger partial charge in [0, 0.05) is 7.05 Å². The molecule has 0 bridgehead atoms. The molecule has 0 aliphatic heterocycles. The van der Waals surface area contributed by atoms with Crippen LogP contribution in [-0.4, -0.2) is 31.4 Å². The predicted molar refractivity (Wildman–Crippen MR) is 72.8 cm³/mol. The number of rotatable bonds is 5. The quantitative estimate of drug-likeness (QED) is 0.837. The lowest BCUT2D eigenvalue weighted by Gasteiger charge is -2.13. The number of nitrogens with zero attached hydrogens (tertiary/aromatic N) is 4. The summed E-state index contributed by atoms with van der Waals surface area (Å²) < 4.78 is 38.9. The van der Waals surface area contributed by atoms with Crippen LogP contribution in [0.3, 0.4) is 0 Å². The average Bonchev–Trinajstić information content (AvgIpc) is 2.83. The van der Waals surface area contributed by atoms with Crippen LogP contribution in [0.25, 0.3) is 0 Å². The lowest BCUT2D eigenvalue weighted by atomic mass is 10.1. The molecule has 0 radical (unpaired) electrons. The van der Waals surface area contributed by atoms with Crippen LogP contribution in [0.1, 0.15) is 11.1 Å². The monoisotopic (exact) mass is 331 g/mol. The molecule has 1 aromatic carbocycles. The van der Waals surface area contributed by atoms with Gasteiger partial charge in [0.05, 0.1) is 10.8 Å². The molecular weight excluding hydrogens is 319 g/mol. The highest BCUT2D eigenvalue weighted by molar-refractivity contribution is 8.00. The molecule has 1 amide bonds. The Bertz CT molecular complexity index is 656. The number of alkyl halides is 3. The molecule has 0 aliphatic rings. The minimum absolute atomic E-state index is 0.186. The first-order valence-corrected chi connectivity index (χ1v) is 7.00. The Morgan fingerprint density at radius 1 is 1.36 bits per heavy atom. The predicted octanol–water partition coefficient (Wildman–Crippen LogP) is 1.42. The Kier molecular flexibility index (Phi) is 4.69. The zero-order chi connectivity index (χ0) is 16.3. The van der Waals surface area contributed by atoms with E-state index in [0.717, 1.165) is 23.9 Å². The number of hydrogen-bond donors (Lipinski definition) is 1. The molecule has 1 atom stereocenters. The van der Waals surface area contributed by atoms with Gasteiger partial charge in [0.15, 0.2) is 0 Å². The molecule has 0 spiro atoms. The molecule has 2 aromatic rings. The van der Waals surface area contributed by atoms with Gasteiger partial charge in [-0.3, -0.25) is 4.79 Å². The lowest BCUT2D eigenvalue weighted by molar-refractivity contribution is -0.137. The van der Waals surface area contributed by atoms with Gasteiger partial charge < -0.3 is 5.73 Å². The summed E-state index contributed by atoms with van der Waals surface area (Å²) >= 11 is 1.06. The van der Waals surface area contributed by atoms with Gasteiger partial charge in [0.1, 0.15) is 0 Å². The third-order valence-electron chi connectivity index (χ3n) is 2.85. The van der Waals surface area contributed by atoms with E-state index in [4.69, 9.17) is 5.73 Å². The maximum Gasteiger partial charge on any atom is 0.416 e. The molecule has 22 heavy (non-hydrogen) atoms. The summed E-state index contributed by atoms with van der Waals surface area (Å²) in [5.74, 6) is -0.590. The Labute approximate surface area is 127 Å². The Morgan fingerprint density at radius 3 is 2.45 bits per heavy atom. The molecule has 118 valence electrons. The number of amides is 1. The van der Waals surface area contributed by atoms with Gasteiger partial charge in [0.25, 0.3) is 0 Å². The Balaban J connectivity index is 2.11. The van der Waals surface area contributed by atoms with E-state index in [1.165, 1.54) is 16.8 Å². The van der Waals surface area contributed by atoms with E-state index in [1.54, 1.807) is 7.05 Å². The summed E-state index contributed by atoms with van der Waals surface area (Å²) in [7, 11) is 1.61. The zero-order valence-electron chi connectivity index (χ0n) is 11.4. The van der Waals surface area contributed by atoms with E-state index in [1.807, 2.05) is 0 Å². The second-order valence-electron chi connectivity index (χ2n) is 4.49. The molecule has 1 aromatic heterocycles. The lowest BCUT2D eigenvalue weighted by Crippen LogP contribution is -2.28. The highest BCUT2D eigenvalue weighted by atomic mass is 32.2. The number of benzene rings is 1. The molecular formula is C12H12F3N5OS. The van der Waals surface area contributed by atoms with Crippen molar-refractivity contribution in [2.24, 2.45) is 12.8 Å². The number of carbonyl (C=O) groups excluding carboxylic acids is 1. The molecule has 10 heteroatoms. The van der Waals surface area contributed by atoms with Crippen LogP contribution >= 0.6 is 11.8 Å². The fourth-order valence-electron chi connectivity index (χ4n) is 1.69. The van der Waals surface area contributed by atoms with Gasteiger partial charge in [-0.2, -0.15) is 13.2 Å². The van der Waals surface area contributed by atoms with Crippen molar-refractivity contribution in [3.05, 3.63) is 35.4 Å². The van der Waals surface area contributed by atoms with Crippen molar-refractivity contribution in [2.75, 3.05) is 0 Å². The van der Waals surface area contributed by atoms with E-state index in [2.05, 4.69) is 15.5 Å². The van der Waals surface area contributed by atoms with Crippen LogP contribution in [0.5, 0.6) is 0 Å². The van der Waals surface area contributed by atoms with Gasteiger partial charge in [0.2, 0.25) is 11.1 Å². The SMILES string of the molecule is Cn1nnnc1SC(Cc1ccc(C(F)(F)F)cc1)C(N)=O. The fourth-order valence-corrected chi connectivity index (χ4v) is 2.61. The number of primary amides is 1. The number of tetrazole rings is 1. The number of carbonyl (C=O) groups is 1. The summed E-state index contributed by atoms with van der Waals surface area (Å²) in [6, 6.07) is 4.60. The van der Waals surface area contributed by atoms with E-state index in [9.17, 15) is 18.0 Å². The van der Waals surface area contributed by atoms with E-state index in [0.29, 0.717) is 10.7 Å². The Hall–Kier alpha value is -2.10. The van der Waals surface area contributed by atoms with E-state index >= 15 is 0 Å². The second kappa shape index (κ2) is 6.34. The largest absolute Gasteiger partial charge is 0.416 e. The Morgan fingerprint density at radius 2 is 2.00 bits per heavy atom. The molecule has 2 rings (SSSR count). The summed E-state index contributed by atoms with van der Waals surface area (Å²) in [6.45, 7) is 0. The van der Waals surface area contributed by atoms with Crippen molar-refractivity contribution in [1.29, 1.82) is 0 Å². The number of nitrogens with two attached hydrogens (primary N) is 1. The molecule has 1 heterocycles. The summed E-state index contributed by atoms with van der Waals surface area (Å²) in [6.07, 6.45) is -4.20. The van der Waals surface area contributed by atoms with Crippen molar-refractivity contribution in [3.8, 4) is 0 Å². The number of aromatic nitrogens is 4. The van der Waals surface area contributed by atoms with E-state index < -0.39 is 22.9 Å². The van der Waals surface area contributed by atoms with Crippen molar-refractivity contribution in [1.82, 2.24) is 20.2 Å². The minimum Gasteiger partial charge on any atom is -0.369 e. The third-order valence-corrected chi connectivity index (χ3v) is 4.09. The maximum atomic E-state index is 12.5. The summed E-state index contributed by atoms with van der Waals surface area (Å²) in [4.78, 5) is 11.5. The molecule has 1 unspecified atom stereocenters. The first kappa shape index (κ1) is 16.3. The minimum atomic E-state index is -4.39. The molecule has 0 saturated carbocycles. The summed E-state index contributed by atoms with van der Waals surface area (Å²) in [5.41, 5.74) is 5.16. The zero-order valence-corrected chi connectivity index (χ0v) is 12.2. The number of halogens is 3. The highest BCUT2D eigenvalue weighted by Gasteiger charge is 2.30. The third kappa shape index (κ3) is 3.97. The van der Waals surface area contributed by atoms with Crippen LogP contribution in [0, 0.1) is 0 Å². The molecule has 0 fully saturated rings. The van der Waals surface area contributed by atoms with Crippen molar-refractivity contribution >= 4 is 17.7 Å². The number of thioether (sulfide) groups is 1. The van der Waals surface area contributed by atoms with Crippen LogP contribution < -0.4 is 5.73 Å². The van der Waals surface area contributed by atoms with Crippen molar-refractivity contribution in [3.63, 3.8) is 0 Å². The smallest absolute Gasteiger partial charge is 0.369 e. The standard InChI is InChI=1S/C12H12F3N5OS/c1-20-11(17-18-19-20)22-9(10(16)21)6-7-2-4-8(5-3-7)12(13,14)15/h2-5,9H,6H2,1H3,(H2,16,21). The fraction of sp³-hybridized carbons (Fsp3) is 0.333. The molecule has 0 aliphatic carbocycles. The normalized spacial score (nSPS) is 13.1. The van der Waals surface area contributed by atoms with Crippen molar-refractivity contribution in [2.45, 2.75) is 23.0 Å². The topological polar surface area (TPSA) is 86.7 Å². The first-order chi connectivity index (χ1) is 10.3. The van der Waals surface area contributed by atoms with Gasteiger partial charge >= 0.3 is 6.18 Å². The molecule has 2 N–H and O–H groups in total. The summed E-state index contributed by atoms with van der Waals surface area (Å²) in [5, 5.41) is 10.5.